The Balaban J connectivity index is 1.75. The Labute approximate surface area is 222 Å². The summed E-state index contributed by atoms with van der Waals surface area (Å²) in [5, 5.41) is 34.5. The van der Waals surface area contributed by atoms with E-state index in [0.29, 0.717) is 25.8 Å². The van der Waals surface area contributed by atoms with Gasteiger partial charge in [-0.3, -0.25) is 9.69 Å². The molecule has 12 heteroatoms. The highest BCUT2D eigenvalue weighted by atomic mass is 16.6. The van der Waals surface area contributed by atoms with Gasteiger partial charge in [-0.2, -0.15) is 0 Å². The topological polar surface area (TPSA) is 172 Å². The summed E-state index contributed by atoms with van der Waals surface area (Å²) in [5.74, 6) is -1.10. The van der Waals surface area contributed by atoms with E-state index >= 15 is 0 Å². The number of likely N-dealkylation sites (tertiary alicyclic amines) is 1. The zero-order valence-corrected chi connectivity index (χ0v) is 22.8. The molecule has 8 atom stereocenters. The summed E-state index contributed by atoms with van der Waals surface area (Å²) in [5.41, 5.74) is 0. The highest BCUT2D eigenvalue weighted by Gasteiger charge is 2.48. The zero-order chi connectivity index (χ0) is 28.1. The molecule has 2 amide bonds. The summed E-state index contributed by atoms with van der Waals surface area (Å²) in [6.07, 6.45) is -3.07. The van der Waals surface area contributed by atoms with Gasteiger partial charge in [0.25, 0.3) is 0 Å². The quantitative estimate of drug-likeness (QED) is 0.339. The SMILES string of the molecule is CCCC1CC(C(=O)NC(C(C)C)C2OC(CCC)C(O)C(O)C2O)N(C(=O)OCc2oc(=O)oc2C)C1. The lowest BCUT2D eigenvalue weighted by Gasteiger charge is -2.45. The van der Waals surface area contributed by atoms with Crippen LogP contribution in [0.5, 0.6) is 0 Å². The molecule has 1 aromatic rings. The fourth-order valence-corrected chi connectivity index (χ4v) is 5.40. The standard InChI is InChI=1S/C26H42N2O10/c1-6-8-15-10-16(28(11-15)25(33)35-12-18-14(5)36-26(34)38-18)24(32)27-19(13(3)4)23-22(31)21(30)20(29)17(37-23)9-7-2/h13,15-17,19-23,29-31H,6-12H2,1-5H3,(H,27,32). The van der Waals surface area contributed by atoms with Crippen molar-refractivity contribution in [2.45, 2.75) is 116 Å². The Morgan fingerprint density at radius 3 is 2.34 bits per heavy atom. The number of carbonyl (C=O) groups is 2. The summed E-state index contributed by atoms with van der Waals surface area (Å²) in [4.78, 5) is 39.2. The average molecular weight is 543 g/mol. The first-order valence-corrected chi connectivity index (χ1v) is 13.5. The van der Waals surface area contributed by atoms with Crippen molar-refractivity contribution in [1.29, 1.82) is 0 Å². The van der Waals surface area contributed by atoms with Crippen LogP contribution in [0.2, 0.25) is 0 Å². The van der Waals surface area contributed by atoms with Crippen LogP contribution < -0.4 is 11.1 Å². The highest BCUT2D eigenvalue weighted by Crippen LogP contribution is 2.31. The molecule has 38 heavy (non-hydrogen) atoms. The minimum absolute atomic E-state index is 0.0943. The Hall–Kier alpha value is -2.41. The molecule has 0 spiro atoms. The first kappa shape index (κ1) is 30.1. The predicted molar refractivity (Wildman–Crippen MR) is 134 cm³/mol. The summed E-state index contributed by atoms with van der Waals surface area (Å²) in [6.45, 7) is 9.21. The van der Waals surface area contributed by atoms with Crippen LogP contribution in [-0.2, 0) is 20.9 Å². The van der Waals surface area contributed by atoms with E-state index in [1.165, 1.54) is 11.8 Å². The molecule has 2 aliphatic rings. The van der Waals surface area contributed by atoms with Gasteiger partial charge in [0.05, 0.1) is 12.1 Å². The number of ether oxygens (including phenoxy) is 2. The second-order valence-corrected chi connectivity index (χ2v) is 10.7. The van der Waals surface area contributed by atoms with Crippen LogP contribution in [0.3, 0.4) is 0 Å². The van der Waals surface area contributed by atoms with Crippen LogP contribution in [0.25, 0.3) is 0 Å². The van der Waals surface area contributed by atoms with Gasteiger partial charge >= 0.3 is 11.9 Å². The monoisotopic (exact) mass is 542 g/mol. The Bertz CT molecular complexity index is 991. The van der Waals surface area contributed by atoms with E-state index in [1.54, 1.807) is 0 Å². The molecule has 2 aliphatic heterocycles. The van der Waals surface area contributed by atoms with Crippen molar-refractivity contribution in [3.8, 4) is 0 Å². The third-order valence-electron chi connectivity index (χ3n) is 7.49. The highest BCUT2D eigenvalue weighted by molar-refractivity contribution is 5.86. The maximum Gasteiger partial charge on any atom is 0.519 e. The molecule has 12 nitrogen and oxygen atoms in total. The van der Waals surface area contributed by atoms with Gasteiger partial charge in [-0.05, 0) is 38.0 Å². The molecule has 0 radical (unpaired) electrons. The fourth-order valence-electron chi connectivity index (χ4n) is 5.40. The number of carbonyl (C=O) groups excluding carboxylic acids is 2. The molecule has 0 saturated carbocycles. The van der Waals surface area contributed by atoms with Crippen LogP contribution in [0.15, 0.2) is 13.6 Å². The molecule has 3 heterocycles. The summed E-state index contributed by atoms with van der Waals surface area (Å²) < 4.78 is 21.1. The number of nitrogens with zero attached hydrogens (tertiary/aromatic N) is 1. The molecular weight excluding hydrogens is 500 g/mol. The zero-order valence-electron chi connectivity index (χ0n) is 22.8. The number of aliphatic hydroxyl groups is 3. The molecule has 8 unspecified atom stereocenters. The van der Waals surface area contributed by atoms with Gasteiger partial charge in [0, 0.05) is 6.54 Å². The third kappa shape index (κ3) is 6.77. The molecule has 216 valence electrons. The lowest BCUT2D eigenvalue weighted by atomic mass is 9.85. The molecule has 0 aliphatic carbocycles. The predicted octanol–water partition coefficient (Wildman–Crippen LogP) is 1.46. The van der Waals surface area contributed by atoms with Crippen LogP contribution in [0.4, 0.5) is 4.79 Å². The number of aryl methyl sites for hydroxylation is 1. The second-order valence-electron chi connectivity index (χ2n) is 10.7. The first-order chi connectivity index (χ1) is 18.0. The number of hydrogen-bond donors (Lipinski definition) is 4. The molecule has 0 bridgehead atoms. The molecule has 2 fully saturated rings. The number of amides is 2. The molecule has 0 aromatic carbocycles. The number of aliphatic hydroxyl groups excluding tert-OH is 3. The van der Waals surface area contributed by atoms with Gasteiger partial charge in [0.15, 0.2) is 18.1 Å². The Morgan fingerprint density at radius 2 is 1.76 bits per heavy atom. The first-order valence-electron chi connectivity index (χ1n) is 13.5. The van der Waals surface area contributed by atoms with Crippen molar-refractivity contribution in [2.75, 3.05) is 6.54 Å². The summed E-state index contributed by atoms with van der Waals surface area (Å²) >= 11 is 0. The second kappa shape index (κ2) is 13.1. The van der Waals surface area contributed by atoms with Crippen molar-refractivity contribution >= 4 is 12.0 Å². The lowest BCUT2D eigenvalue weighted by molar-refractivity contribution is -0.232. The average Bonchev–Trinajstić information content (AvgIpc) is 3.43. The van der Waals surface area contributed by atoms with Crippen LogP contribution in [0, 0.1) is 18.8 Å². The fraction of sp³-hybridized carbons (Fsp3) is 0.808. The summed E-state index contributed by atoms with van der Waals surface area (Å²) in [6, 6.07) is -1.51. The van der Waals surface area contributed by atoms with E-state index in [0.717, 1.165) is 12.8 Å². The number of rotatable bonds is 10. The lowest BCUT2D eigenvalue weighted by Crippen LogP contribution is -2.65. The molecule has 3 rings (SSSR count). The molecule has 1 aromatic heterocycles. The van der Waals surface area contributed by atoms with Crippen molar-refractivity contribution in [2.24, 2.45) is 11.8 Å². The minimum Gasteiger partial charge on any atom is -0.441 e. The van der Waals surface area contributed by atoms with E-state index in [1.807, 2.05) is 27.7 Å². The van der Waals surface area contributed by atoms with Crippen molar-refractivity contribution in [1.82, 2.24) is 10.2 Å². The van der Waals surface area contributed by atoms with E-state index < -0.39 is 60.4 Å². The van der Waals surface area contributed by atoms with Crippen LogP contribution in [0.1, 0.15) is 71.3 Å². The molecular formula is C26H42N2O10. The van der Waals surface area contributed by atoms with Gasteiger partial charge in [0.2, 0.25) is 5.91 Å². The van der Waals surface area contributed by atoms with Crippen LogP contribution in [-0.4, -0.2) is 81.4 Å². The van der Waals surface area contributed by atoms with E-state index in [2.05, 4.69) is 5.32 Å². The normalized spacial score (nSPS) is 30.4. The van der Waals surface area contributed by atoms with Gasteiger partial charge < -0.3 is 38.9 Å². The van der Waals surface area contributed by atoms with Gasteiger partial charge in [0.1, 0.15) is 30.5 Å². The van der Waals surface area contributed by atoms with Gasteiger partial charge in [-0.15, -0.1) is 0 Å². The smallest absolute Gasteiger partial charge is 0.441 e. The van der Waals surface area contributed by atoms with Gasteiger partial charge in [-0.25, -0.2) is 9.59 Å². The number of nitrogens with one attached hydrogen (secondary N) is 1. The van der Waals surface area contributed by atoms with Crippen molar-refractivity contribution < 1.29 is 43.2 Å². The van der Waals surface area contributed by atoms with E-state index in [-0.39, 0.29) is 30.0 Å². The van der Waals surface area contributed by atoms with Gasteiger partial charge in [-0.1, -0.05) is 40.5 Å². The van der Waals surface area contributed by atoms with E-state index in [9.17, 15) is 29.7 Å². The van der Waals surface area contributed by atoms with E-state index in [4.69, 9.17) is 18.3 Å². The maximum atomic E-state index is 13.6. The minimum atomic E-state index is -1.42. The molecule has 4 N–H and O–H groups in total. The van der Waals surface area contributed by atoms with Crippen LogP contribution >= 0.6 is 0 Å². The molecule has 2 saturated heterocycles. The van der Waals surface area contributed by atoms with Crippen molar-refractivity contribution in [3.05, 3.63) is 22.1 Å². The maximum absolute atomic E-state index is 13.6. The Kier molecular flexibility index (Phi) is 10.4. The Morgan fingerprint density at radius 1 is 1.08 bits per heavy atom. The van der Waals surface area contributed by atoms with Crippen molar-refractivity contribution in [3.63, 3.8) is 0 Å². The summed E-state index contributed by atoms with van der Waals surface area (Å²) in [7, 11) is 0. The number of hydrogen-bond acceptors (Lipinski definition) is 10. The largest absolute Gasteiger partial charge is 0.519 e. The third-order valence-corrected chi connectivity index (χ3v) is 7.49.